The van der Waals surface area contributed by atoms with Crippen LogP contribution in [0.4, 0.5) is 0 Å². The maximum atomic E-state index is 12.5. The second kappa shape index (κ2) is 7.04. The van der Waals surface area contributed by atoms with E-state index in [0.29, 0.717) is 27.6 Å². The van der Waals surface area contributed by atoms with E-state index in [1.807, 2.05) is 30.3 Å². The average Bonchev–Trinajstić information content (AvgIpc) is 3.30. The predicted octanol–water partition coefficient (Wildman–Crippen LogP) is 3.80. The molecule has 162 valence electrons. The molecule has 2 N–H and O–H groups in total. The van der Waals surface area contributed by atoms with Crippen LogP contribution in [0.5, 0.6) is 0 Å². The number of hydrogen-bond donors (Lipinski definition) is 1. The van der Waals surface area contributed by atoms with Crippen molar-refractivity contribution >= 4 is 38.9 Å². The van der Waals surface area contributed by atoms with Crippen molar-refractivity contribution in [1.82, 2.24) is 14.5 Å². The number of guanidine groups is 1. The van der Waals surface area contributed by atoms with Crippen LogP contribution in [0.3, 0.4) is 0 Å². The van der Waals surface area contributed by atoms with E-state index in [1.165, 1.54) is 18.4 Å². The van der Waals surface area contributed by atoms with Gasteiger partial charge >= 0.3 is 0 Å². The van der Waals surface area contributed by atoms with Gasteiger partial charge in [-0.05, 0) is 43.5 Å². The quantitative estimate of drug-likeness (QED) is 0.611. The molecule has 0 spiro atoms. The number of rotatable bonds is 4. The van der Waals surface area contributed by atoms with E-state index >= 15 is 0 Å². The van der Waals surface area contributed by atoms with Crippen LogP contribution in [0, 0.1) is 0 Å². The first-order valence-corrected chi connectivity index (χ1v) is 12.5. The van der Waals surface area contributed by atoms with Crippen molar-refractivity contribution in [2.45, 2.75) is 31.2 Å². The highest BCUT2D eigenvalue weighted by atomic mass is 35.5. The first-order valence-electron chi connectivity index (χ1n) is 9.72. The lowest BCUT2D eigenvalue weighted by Crippen LogP contribution is -2.50. The Morgan fingerprint density at radius 1 is 1.26 bits per heavy atom. The molecular weight excluding hydrogens is 458 g/mol. The summed E-state index contributed by atoms with van der Waals surface area (Å²) in [7, 11) is -2.19. The second-order valence-electron chi connectivity index (χ2n) is 8.06. The topological polar surface area (TPSA) is 115 Å². The average molecular weight is 478 g/mol. The normalized spacial score (nSPS) is 23.1. The molecule has 0 radical (unpaired) electrons. The van der Waals surface area contributed by atoms with Crippen LogP contribution in [-0.4, -0.2) is 41.7 Å². The Kier molecular flexibility index (Phi) is 4.65. The molecule has 2 aromatic heterocycles. The van der Waals surface area contributed by atoms with E-state index in [9.17, 15) is 8.42 Å². The van der Waals surface area contributed by atoms with Gasteiger partial charge in [0, 0.05) is 23.4 Å². The number of halogens is 1. The van der Waals surface area contributed by atoms with Crippen LogP contribution in [0.2, 0.25) is 5.02 Å². The predicted molar refractivity (Wildman–Crippen MR) is 121 cm³/mol. The van der Waals surface area contributed by atoms with E-state index in [0.717, 1.165) is 33.2 Å². The molecule has 5 rings (SSSR count). The van der Waals surface area contributed by atoms with Gasteiger partial charge in [-0.1, -0.05) is 23.7 Å². The maximum Gasteiger partial charge on any atom is 0.247 e. The van der Waals surface area contributed by atoms with Gasteiger partial charge < -0.3 is 10.2 Å². The number of sulfonamides is 1. The first kappa shape index (κ1) is 20.5. The van der Waals surface area contributed by atoms with Gasteiger partial charge in [-0.25, -0.2) is 17.7 Å². The number of nitrogens with zero attached hydrogens (tertiary/aromatic N) is 4. The maximum absolute atomic E-state index is 12.5. The van der Waals surface area contributed by atoms with Crippen molar-refractivity contribution in [3.63, 3.8) is 0 Å². The third kappa shape index (κ3) is 3.62. The fraction of sp³-hybridized carbons (Fsp3) is 0.350. The minimum atomic E-state index is -3.58. The summed E-state index contributed by atoms with van der Waals surface area (Å²) in [5, 5.41) is 8.78. The summed E-state index contributed by atoms with van der Waals surface area (Å²) in [4.78, 5) is 5.99. The Balaban J connectivity index is 1.51. The van der Waals surface area contributed by atoms with E-state index in [-0.39, 0.29) is 11.7 Å². The lowest BCUT2D eigenvalue weighted by molar-refractivity contribution is 0.482. The SMILES string of the molecule is CN1C(N)=NC(C)(c2sc(-c3cccc(-c4nnc(C5CC5)o4)c3)cc2Cl)CS1(=O)=O. The molecule has 3 aromatic rings. The standard InChI is InChI=1S/C20H20ClN5O3S2/c1-20(10-31(27,28)26(2)19(22)23-20)16-14(21)9-15(30-16)12-4-3-5-13(8-12)18-25-24-17(29-18)11-6-7-11/h3-5,8-9,11H,6-7,10H2,1-2H3,(H2,22,23). The summed E-state index contributed by atoms with van der Waals surface area (Å²) in [6, 6.07) is 9.57. The lowest BCUT2D eigenvalue weighted by atomic mass is 10.0. The first-order chi connectivity index (χ1) is 14.7. The highest BCUT2D eigenvalue weighted by Crippen LogP contribution is 2.45. The van der Waals surface area contributed by atoms with Gasteiger partial charge in [0.1, 0.15) is 5.54 Å². The zero-order valence-electron chi connectivity index (χ0n) is 16.9. The smallest absolute Gasteiger partial charge is 0.247 e. The third-order valence-electron chi connectivity index (χ3n) is 5.50. The molecule has 1 aliphatic heterocycles. The van der Waals surface area contributed by atoms with Crippen molar-refractivity contribution in [2.75, 3.05) is 12.8 Å². The number of benzene rings is 1. The summed E-state index contributed by atoms with van der Waals surface area (Å²) in [5.41, 5.74) is 6.56. The molecule has 1 aromatic carbocycles. The largest absolute Gasteiger partial charge is 0.420 e. The molecule has 0 bridgehead atoms. The Morgan fingerprint density at radius 3 is 2.71 bits per heavy atom. The van der Waals surface area contributed by atoms with Gasteiger partial charge in [-0.15, -0.1) is 21.5 Å². The summed E-state index contributed by atoms with van der Waals surface area (Å²) >= 11 is 7.95. The summed E-state index contributed by atoms with van der Waals surface area (Å²) in [5.74, 6) is 1.31. The molecular formula is C20H20ClN5O3S2. The van der Waals surface area contributed by atoms with Crippen LogP contribution in [-0.2, 0) is 15.6 Å². The molecule has 3 heterocycles. The van der Waals surface area contributed by atoms with Crippen LogP contribution in [0.1, 0.15) is 36.5 Å². The Labute approximate surface area is 188 Å². The fourth-order valence-electron chi connectivity index (χ4n) is 3.60. The van der Waals surface area contributed by atoms with Crippen LogP contribution in [0.25, 0.3) is 21.9 Å². The molecule has 1 unspecified atom stereocenters. The van der Waals surface area contributed by atoms with Crippen molar-refractivity contribution in [3.05, 3.63) is 46.1 Å². The van der Waals surface area contributed by atoms with E-state index in [2.05, 4.69) is 15.2 Å². The molecule has 0 amide bonds. The van der Waals surface area contributed by atoms with E-state index in [1.54, 1.807) is 6.92 Å². The van der Waals surface area contributed by atoms with Gasteiger partial charge in [0.25, 0.3) is 0 Å². The lowest BCUT2D eigenvalue weighted by Gasteiger charge is -2.33. The van der Waals surface area contributed by atoms with Crippen molar-refractivity contribution in [2.24, 2.45) is 10.7 Å². The number of thiophene rings is 1. The van der Waals surface area contributed by atoms with Gasteiger partial charge in [-0.3, -0.25) is 0 Å². The Morgan fingerprint density at radius 2 is 2.00 bits per heavy atom. The third-order valence-corrected chi connectivity index (χ3v) is 9.30. The van der Waals surface area contributed by atoms with Crippen LogP contribution >= 0.6 is 22.9 Å². The summed E-state index contributed by atoms with van der Waals surface area (Å²) in [6.07, 6.45) is 2.19. The molecule has 1 saturated carbocycles. The molecule has 1 fully saturated rings. The Bertz CT molecular complexity index is 1310. The molecule has 0 saturated heterocycles. The van der Waals surface area contributed by atoms with Gasteiger partial charge in [0.15, 0.2) is 0 Å². The summed E-state index contributed by atoms with van der Waals surface area (Å²) < 4.78 is 31.9. The molecule has 2 aliphatic rings. The van der Waals surface area contributed by atoms with E-state index in [4.69, 9.17) is 21.8 Å². The van der Waals surface area contributed by atoms with Gasteiger partial charge in [0.05, 0.1) is 15.7 Å². The fourth-order valence-corrected chi connectivity index (χ4v) is 6.76. The molecule has 1 aliphatic carbocycles. The van der Waals surface area contributed by atoms with Crippen LogP contribution < -0.4 is 5.73 Å². The van der Waals surface area contributed by atoms with Gasteiger partial charge in [0.2, 0.25) is 27.8 Å². The molecule has 8 nitrogen and oxygen atoms in total. The summed E-state index contributed by atoms with van der Waals surface area (Å²) in [6.45, 7) is 1.74. The second-order valence-corrected chi connectivity index (χ2v) is 11.5. The molecule has 11 heteroatoms. The van der Waals surface area contributed by atoms with Crippen molar-refractivity contribution in [3.8, 4) is 21.9 Å². The van der Waals surface area contributed by atoms with Gasteiger partial charge in [-0.2, -0.15) is 0 Å². The number of hydrogen-bond acceptors (Lipinski definition) is 8. The molecule has 1 atom stereocenters. The zero-order valence-corrected chi connectivity index (χ0v) is 19.3. The Hall–Kier alpha value is -2.43. The highest BCUT2D eigenvalue weighted by Gasteiger charge is 2.42. The highest BCUT2D eigenvalue weighted by molar-refractivity contribution is 7.89. The van der Waals surface area contributed by atoms with Crippen molar-refractivity contribution in [1.29, 1.82) is 0 Å². The van der Waals surface area contributed by atoms with Crippen molar-refractivity contribution < 1.29 is 12.8 Å². The monoisotopic (exact) mass is 477 g/mol. The number of aromatic nitrogens is 2. The minimum Gasteiger partial charge on any atom is -0.420 e. The van der Waals surface area contributed by atoms with E-state index < -0.39 is 15.6 Å². The minimum absolute atomic E-state index is 0.0513. The number of aliphatic imine (C=N–C) groups is 1. The number of nitrogens with two attached hydrogens (primary N) is 1. The van der Waals surface area contributed by atoms with Crippen LogP contribution in [0.15, 0.2) is 39.7 Å². The molecule has 31 heavy (non-hydrogen) atoms. The zero-order chi connectivity index (χ0) is 22.0.